The summed E-state index contributed by atoms with van der Waals surface area (Å²) in [5, 5.41) is 2.59. The fourth-order valence-corrected chi connectivity index (χ4v) is 3.47. The van der Waals surface area contributed by atoms with Crippen molar-refractivity contribution in [1.82, 2.24) is 9.80 Å². The summed E-state index contributed by atoms with van der Waals surface area (Å²) in [6.45, 7) is 10.4. The summed E-state index contributed by atoms with van der Waals surface area (Å²) in [6, 6.07) is 15.6. The van der Waals surface area contributed by atoms with Crippen LogP contribution < -0.4 is 0 Å². The van der Waals surface area contributed by atoms with Crippen LogP contribution in [0.3, 0.4) is 0 Å². The highest BCUT2D eigenvalue weighted by Crippen LogP contribution is 2.30. The van der Waals surface area contributed by atoms with Crippen LogP contribution in [0.1, 0.15) is 24.8 Å². The van der Waals surface area contributed by atoms with Crippen LogP contribution in [-0.4, -0.2) is 41.4 Å². The van der Waals surface area contributed by atoms with E-state index >= 15 is 0 Å². The van der Waals surface area contributed by atoms with E-state index in [4.69, 9.17) is 0 Å². The van der Waals surface area contributed by atoms with Gasteiger partial charge in [-0.1, -0.05) is 54.6 Å². The van der Waals surface area contributed by atoms with Gasteiger partial charge in [0.15, 0.2) is 0 Å². The number of carbonyl (C=O) groups is 1. The minimum Gasteiger partial charge on any atom is -0.335 e. The van der Waals surface area contributed by atoms with Gasteiger partial charge in [0, 0.05) is 38.6 Å². The van der Waals surface area contributed by atoms with Crippen molar-refractivity contribution in [3.05, 3.63) is 73.3 Å². The van der Waals surface area contributed by atoms with Crippen LogP contribution in [-0.2, 0) is 11.3 Å². The van der Waals surface area contributed by atoms with E-state index in [1.54, 1.807) is 12.2 Å². The second kappa shape index (κ2) is 8.81. The van der Waals surface area contributed by atoms with Crippen molar-refractivity contribution in [3.63, 3.8) is 0 Å². The first-order valence-corrected chi connectivity index (χ1v) is 9.43. The Morgan fingerprint density at radius 2 is 1.73 bits per heavy atom. The van der Waals surface area contributed by atoms with Crippen molar-refractivity contribution in [3.8, 4) is 0 Å². The maximum Gasteiger partial charge on any atom is 0.224 e. The zero-order valence-electron chi connectivity index (χ0n) is 15.4. The molecule has 0 bridgehead atoms. The topological polar surface area (TPSA) is 23.6 Å². The lowest BCUT2D eigenvalue weighted by Gasteiger charge is -2.25. The minimum absolute atomic E-state index is 0.174. The number of hydrogen-bond acceptors (Lipinski definition) is 2. The van der Waals surface area contributed by atoms with E-state index in [2.05, 4.69) is 60.5 Å². The van der Waals surface area contributed by atoms with Crippen LogP contribution in [0.5, 0.6) is 0 Å². The molecule has 26 heavy (non-hydrogen) atoms. The Hall–Kier alpha value is -2.39. The van der Waals surface area contributed by atoms with Gasteiger partial charge in [-0.2, -0.15) is 0 Å². The highest BCUT2D eigenvalue weighted by Gasteiger charge is 2.29. The van der Waals surface area contributed by atoms with E-state index in [0.717, 1.165) is 13.1 Å². The highest BCUT2D eigenvalue weighted by atomic mass is 16.2. The third kappa shape index (κ3) is 4.61. The second-order valence-electron chi connectivity index (χ2n) is 6.97. The van der Waals surface area contributed by atoms with Gasteiger partial charge in [0.1, 0.15) is 0 Å². The van der Waals surface area contributed by atoms with Gasteiger partial charge in [0.25, 0.3) is 0 Å². The van der Waals surface area contributed by atoms with E-state index in [-0.39, 0.29) is 5.91 Å². The average molecular weight is 348 g/mol. The molecule has 0 spiro atoms. The van der Waals surface area contributed by atoms with Crippen LogP contribution >= 0.6 is 0 Å². The SMILES string of the molecule is C=CCN(CC=C)C(=O)CCN(Cc1cccc2ccccc12)C1CC1. The predicted molar refractivity (Wildman–Crippen MR) is 109 cm³/mol. The monoisotopic (exact) mass is 348 g/mol. The van der Waals surface area contributed by atoms with E-state index in [1.807, 2.05) is 4.90 Å². The molecule has 0 saturated heterocycles. The van der Waals surface area contributed by atoms with Crippen molar-refractivity contribution in [1.29, 1.82) is 0 Å². The zero-order chi connectivity index (χ0) is 18.4. The van der Waals surface area contributed by atoms with Gasteiger partial charge in [-0.3, -0.25) is 9.69 Å². The summed E-state index contributed by atoms with van der Waals surface area (Å²) in [4.78, 5) is 16.8. The fourth-order valence-electron chi connectivity index (χ4n) is 3.47. The lowest BCUT2D eigenvalue weighted by molar-refractivity contribution is -0.130. The molecule has 3 nitrogen and oxygen atoms in total. The Morgan fingerprint density at radius 3 is 2.42 bits per heavy atom. The quantitative estimate of drug-likeness (QED) is 0.594. The third-order valence-electron chi connectivity index (χ3n) is 4.98. The van der Waals surface area contributed by atoms with Crippen molar-refractivity contribution in [2.75, 3.05) is 19.6 Å². The van der Waals surface area contributed by atoms with E-state index in [9.17, 15) is 4.79 Å². The van der Waals surface area contributed by atoms with Crippen LogP contribution in [0.15, 0.2) is 67.8 Å². The van der Waals surface area contributed by atoms with Gasteiger partial charge in [0.2, 0.25) is 5.91 Å². The normalized spacial score (nSPS) is 13.7. The second-order valence-corrected chi connectivity index (χ2v) is 6.97. The van der Waals surface area contributed by atoms with Gasteiger partial charge < -0.3 is 4.90 Å². The summed E-state index contributed by atoms with van der Waals surface area (Å²) >= 11 is 0. The maximum atomic E-state index is 12.5. The molecule has 1 fully saturated rings. The van der Waals surface area contributed by atoms with E-state index in [1.165, 1.54) is 29.2 Å². The molecule has 0 radical (unpaired) electrons. The number of nitrogens with zero attached hydrogens (tertiary/aromatic N) is 2. The molecule has 3 rings (SSSR count). The summed E-state index contributed by atoms with van der Waals surface area (Å²) in [5.74, 6) is 0.174. The molecule has 1 aliphatic carbocycles. The standard InChI is InChI=1S/C23H28N2O/c1-3-15-24(16-4-2)23(26)14-17-25(21-12-13-21)18-20-10-7-9-19-8-5-6-11-22(19)20/h3-11,21H,1-2,12-18H2. The minimum atomic E-state index is 0.174. The number of benzene rings is 2. The van der Waals surface area contributed by atoms with Crippen molar-refractivity contribution in [2.24, 2.45) is 0 Å². The molecule has 2 aromatic rings. The summed E-state index contributed by atoms with van der Waals surface area (Å²) in [7, 11) is 0. The number of amides is 1. The van der Waals surface area contributed by atoms with Crippen LogP contribution in [0.25, 0.3) is 10.8 Å². The summed E-state index contributed by atoms with van der Waals surface area (Å²) < 4.78 is 0. The van der Waals surface area contributed by atoms with Gasteiger partial charge in [-0.05, 0) is 29.2 Å². The number of rotatable bonds is 10. The first kappa shape index (κ1) is 18.4. The first-order chi connectivity index (χ1) is 12.7. The summed E-state index contributed by atoms with van der Waals surface area (Å²) in [5.41, 5.74) is 1.34. The van der Waals surface area contributed by atoms with Gasteiger partial charge in [-0.15, -0.1) is 13.2 Å². The average Bonchev–Trinajstić information content (AvgIpc) is 3.50. The molecule has 0 aromatic heterocycles. The molecular weight excluding hydrogens is 320 g/mol. The lowest BCUT2D eigenvalue weighted by atomic mass is 10.0. The molecule has 1 aliphatic rings. The number of fused-ring (bicyclic) bond motifs is 1. The van der Waals surface area contributed by atoms with Crippen LogP contribution in [0, 0.1) is 0 Å². The summed E-state index contributed by atoms with van der Waals surface area (Å²) in [6.07, 6.45) is 6.57. The highest BCUT2D eigenvalue weighted by molar-refractivity contribution is 5.85. The Bertz CT molecular complexity index is 763. The Morgan fingerprint density at radius 1 is 1.04 bits per heavy atom. The number of carbonyl (C=O) groups excluding carboxylic acids is 1. The molecule has 3 heteroatoms. The fraction of sp³-hybridized carbons (Fsp3) is 0.348. The smallest absolute Gasteiger partial charge is 0.224 e. The Kier molecular flexibility index (Phi) is 6.24. The predicted octanol–water partition coefficient (Wildman–Crippen LogP) is 4.39. The number of hydrogen-bond donors (Lipinski definition) is 0. The van der Waals surface area contributed by atoms with Crippen molar-refractivity contribution >= 4 is 16.7 Å². The zero-order valence-corrected chi connectivity index (χ0v) is 15.4. The van der Waals surface area contributed by atoms with E-state index in [0.29, 0.717) is 25.6 Å². The first-order valence-electron chi connectivity index (χ1n) is 9.43. The third-order valence-corrected chi connectivity index (χ3v) is 4.98. The van der Waals surface area contributed by atoms with Gasteiger partial charge in [0.05, 0.1) is 0 Å². The lowest BCUT2D eigenvalue weighted by Crippen LogP contribution is -2.35. The molecule has 1 amide bonds. The Labute approximate surface area is 156 Å². The molecule has 136 valence electrons. The van der Waals surface area contributed by atoms with Crippen LogP contribution in [0.2, 0.25) is 0 Å². The molecule has 0 aliphatic heterocycles. The largest absolute Gasteiger partial charge is 0.335 e. The van der Waals surface area contributed by atoms with Gasteiger partial charge >= 0.3 is 0 Å². The molecule has 2 aromatic carbocycles. The molecule has 0 atom stereocenters. The Balaban J connectivity index is 1.67. The van der Waals surface area contributed by atoms with Crippen LogP contribution in [0.4, 0.5) is 0 Å². The maximum absolute atomic E-state index is 12.5. The van der Waals surface area contributed by atoms with Crippen molar-refractivity contribution < 1.29 is 4.79 Å². The molecule has 1 saturated carbocycles. The van der Waals surface area contributed by atoms with E-state index < -0.39 is 0 Å². The molecule has 0 N–H and O–H groups in total. The van der Waals surface area contributed by atoms with Gasteiger partial charge in [-0.25, -0.2) is 0 Å². The molecule has 0 heterocycles. The van der Waals surface area contributed by atoms with Crippen molar-refractivity contribution in [2.45, 2.75) is 31.8 Å². The molecular formula is C23H28N2O. The molecule has 0 unspecified atom stereocenters.